The van der Waals surface area contributed by atoms with E-state index in [1.165, 1.54) is 71.0 Å². The number of nitrogens with zero attached hydrogens (tertiary/aromatic N) is 2. The van der Waals surface area contributed by atoms with Crippen molar-refractivity contribution in [1.29, 1.82) is 0 Å². The second kappa shape index (κ2) is 19.3. The fourth-order valence-electron chi connectivity index (χ4n) is 6.41. The van der Waals surface area contributed by atoms with Gasteiger partial charge in [-0.2, -0.15) is 0 Å². The summed E-state index contributed by atoms with van der Waals surface area (Å²) >= 11 is 0. The molecule has 1 saturated heterocycles. The van der Waals surface area contributed by atoms with Crippen LogP contribution in [0.5, 0.6) is 17.2 Å². The van der Waals surface area contributed by atoms with Gasteiger partial charge in [0.05, 0.1) is 20.4 Å². The first-order valence-electron chi connectivity index (χ1n) is 19.2. The van der Waals surface area contributed by atoms with Crippen LogP contribution in [0.4, 0.5) is 17.1 Å². The number of sulfonamides is 2. The highest BCUT2D eigenvalue weighted by Crippen LogP contribution is 2.33. The Morgan fingerprint density at radius 2 is 1.52 bits per heavy atom. The van der Waals surface area contributed by atoms with Gasteiger partial charge in [-0.15, -0.1) is 0 Å². The molecule has 0 saturated carbocycles. The molecule has 0 bridgehead atoms. The van der Waals surface area contributed by atoms with Crippen LogP contribution in [-0.4, -0.2) is 65.0 Å². The van der Waals surface area contributed by atoms with Crippen molar-refractivity contribution in [1.82, 2.24) is 4.72 Å². The van der Waals surface area contributed by atoms with E-state index in [2.05, 4.69) is 5.32 Å². The van der Waals surface area contributed by atoms with Gasteiger partial charge >= 0.3 is 5.97 Å². The van der Waals surface area contributed by atoms with E-state index in [1.54, 1.807) is 24.3 Å². The maximum atomic E-state index is 14.1. The zero-order chi connectivity index (χ0) is 43.7. The van der Waals surface area contributed by atoms with Crippen molar-refractivity contribution in [2.24, 2.45) is 11.8 Å². The Morgan fingerprint density at radius 3 is 2.16 bits per heavy atom. The number of aromatic carboxylic acids is 1. The molecule has 6 rings (SSSR count). The highest BCUT2D eigenvalue weighted by atomic mass is 32.2. The van der Waals surface area contributed by atoms with Gasteiger partial charge < -0.3 is 24.6 Å². The Labute approximate surface area is 353 Å². The molecule has 18 heteroatoms. The number of rotatable bonds is 18. The van der Waals surface area contributed by atoms with E-state index in [1.807, 2.05) is 36.8 Å². The van der Waals surface area contributed by atoms with Crippen molar-refractivity contribution in [3.8, 4) is 17.2 Å². The van der Waals surface area contributed by atoms with Gasteiger partial charge in [0.2, 0.25) is 0 Å². The van der Waals surface area contributed by atoms with E-state index < -0.39 is 47.4 Å². The molecule has 1 aliphatic heterocycles. The minimum Gasteiger partial charge on any atom is -0.488 e. The lowest BCUT2D eigenvalue weighted by Gasteiger charge is -2.27. The molecule has 16 nitrogen and oxygen atoms in total. The number of hydrogen-bond acceptors (Lipinski definition) is 12. The third-order valence-corrected chi connectivity index (χ3v) is 12.8. The second-order valence-corrected chi connectivity index (χ2v) is 18.1. The number of ether oxygens (including phenoxy) is 3. The number of carboxylic acids is 1. The van der Waals surface area contributed by atoms with Gasteiger partial charge in [0.25, 0.3) is 31.6 Å². The average molecular weight is 873 g/mol. The Hall–Kier alpha value is -6.50. The maximum absolute atomic E-state index is 14.1. The molecular formula is C43H44N4O12S2. The van der Waals surface area contributed by atoms with E-state index in [9.17, 15) is 41.6 Å². The number of carbonyl (C=O) groups is 2. The third kappa shape index (κ3) is 11.2. The van der Waals surface area contributed by atoms with Crippen LogP contribution in [-0.2, 0) is 31.4 Å². The fourth-order valence-corrected chi connectivity index (χ4v) is 9.02. The Balaban J connectivity index is 1.14. The Kier molecular flexibility index (Phi) is 13.9. The number of nitro benzene ring substituents is 1. The molecule has 5 aromatic carbocycles. The van der Waals surface area contributed by atoms with Crippen LogP contribution in [0.25, 0.3) is 0 Å². The lowest BCUT2D eigenvalue weighted by Crippen LogP contribution is -2.34. The van der Waals surface area contributed by atoms with Crippen molar-refractivity contribution in [3.05, 3.63) is 142 Å². The Bertz CT molecular complexity index is 2580. The molecular weight excluding hydrogens is 829 g/mol. The first kappa shape index (κ1) is 44.1. The lowest BCUT2D eigenvalue weighted by atomic mass is 10.0. The van der Waals surface area contributed by atoms with Crippen LogP contribution in [0, 0.1) is 22.0 Å². The van der Waals surface area contributed by atoms with E-state index >= 15 is 0 Å². The van der Waals surface area contributed by atoms with E-state index in [4.69, 9.17) is 14.2 Å². The van der Waals surface area contributed by atoms with Crippen LogP contribution < -0.4 is 23.8 Å². The molecule has 1 fully saturated rings. The Morgan fingerprint density at radius 1 is 0.869 bits per heavy atom. The predicted molar refractivity (Wildman–Crippen MR) is 226 cm³/mol. The van der Waals surface area contributed by atoms with Crippen molar-refractivity contribution < 1.29 is 50.7 Å². The standard InChI is InChI=1S/C43H44N4O12S2/c1-29(2)27-46(61(55,56)36-15-13-35(14-16-36)59-34-6-4-3-5-7-34)33-12-18-38(43(49)50)41(24-33)58-28-31-8-10-32(11-9-31)42(48)45-60(53,54)37-17-19-39(40(25-37)47(51)52)44-26-30-20-22-57-23-21-30/h3-19,24-25,29-30,44H,20-23,26-28H2,1-2H3,(H,45,48)(H,49,50). The number of amides is 1. The SMILES string of the molecule is CC(C)CN(c1ccc(C(=O)O)c(OCc2ccc(C(=O)NS(=O)(=O)c3ccc(NCC4CCOCC4)c([N+](=O)[O-])c3)cc2)c1)S(=O)(=O)c1ccc(Oc2ccccc2)cc1. The highest BCUT2D eigenvalue weighted by molar-refractivity contribution is 7.92. The molecule has 0 aliphatic carbocycles. The molecule has 0 aromatic heterocycles. The van der Waals surface area contributed by atoms with Crippen LogP contribution >= 0.6 is 0 Å². The molecule has 1 amide bonds. The molecule has 0 spiro atoms. The molecule has 0 radical (unpaired) electrons. The number of para-hydroxylation sites is 1. The highest BCUT2D eigenvalue weighted by Gasteiger charge is 2.28. The summed E-state index contributed by atoms with van der Waals surface area (Å²) in [6, 6.07) is 27.9. The first-order valence-corrected chi connectivity index (χ1v) is 22.1. The number of benzene rings is 5. The smallest absolute Gasteiger partial charge is 0.339 e. The van der Waals surface area contributed by atoms with Crippen molar-refractivity contribution in [2.75, 3.05) is 35.9 Å². The van der Waals surface area contributed by atoms with Gasteiger partial charge in [-0.25, -0.2) is 26.4 Å². The summed E-state index contributed by atoms with van der Waals surface area (Å²) < 4.78 is 74.7. The third-order valence-electron chi connectivity index (χ3n) is 9.64. The summed E-state index contributed by atoms with van der Waals surface area (Å²) in [5.41, 5.74) is 0.0354. The van der Waals surface area contributed by atoms with Gasteiger partial charge in [-0.1, -0.05) is 44.2 Å². The molecule has 61 heavy (non-hydrogen) atoms. The molecule has 320 valence electrons. The summed E-state index contributed by atoms with van der Waals surface area (Å²) in [6.45, 7) is 5.20. The van der Waals surface area contributed by atoms with Crippen molar-refractivity contribution in [2.45, 2.75) is 43.1 Å². The minimum atomic E-state index is -4.53. The monoisotopic (exact) mass is 872 g/mol. The largest absolute Gasteiger partial charge is 0.488 e. The zero-order valence-corrected chi connectivity index (χ0v) is 34.9. The van der Waals surface area contributed by atoms with Gasteiger partial charge in [-0.05, 0) is 103 Å². The number of carbonyl (C=O) groups excluding carboxylic acids is 1. The average Bonchev–Trinajstić information content (AvgIpc) is 3.24. The summed E-state index contributed by atoms with van der Waals surface area (Å²) in [6.07, 6.45) is 1.59. The summed E-state index contributed by atoms with van der Waals surface area (Å²) in [7, 11) is -8.68. The van der Waals surface area contributed by atoms with Gasteiger partial charge in [0.15, 0.2) is 0 Å². The first-order chi connectivity index (χ1) is 29.1. The topological polar surface area (TPSA) is 221 Å². The lowest BCUT2D eigenvalue weighted by molar-refractivity contribution is -0.384. The summed E-state index contributed by atoms with van der Waals surface area (Å²) in [5.74, 6) is -1.29. The van der Waals surface area contributed by atoms with E-state index in [0.717, 1.165) is 18.9 Å². The second-order valence-electron chi connectivity index (χ2n) is 14.6. The van der Waals surface area contributed by atoms with Crippen molar-refractivity contribution in [3.63, 3.8) is 0 Å². The molecule has 1 heterocycles. The van der Waals surface area contributed by atoms with Crippen LogP contribution in [0.2, 0.25) is 0 Å². The molecule has 0 unspecified atom stereocenters. The number of hydrogen-bond donors (Lipinski definition) is 3. The maximum Gasteiger partial charge on any atom is 0.339 e. The number of nitrogens with one attached hydrogen (secondary N) is 2. The predicted octanol–water partition coefficient (Wildman–Crippen LogP) is 7.47. The summed E-state index contributed by atoms with van der Waals surface area (Å²) in [5, 5.41) is 24.8. The zero-order valence-electron chi connectivity index (χ0n) is 33.2. The van der Waals surface area contributed by atoms with Gasteiger partial charge in [-0.3, -0.25) is 19.2 Å². The summed E-state index contributed by atoms with van der Waals surface area (Å²) in [4.78, 5) is 35.9. The van der Waals surface area contributed by atoms with E-state index in [0.29, 0.717) is 36.8 Å². The van der Waals surface area contributed by atoms with Gasteiger partial charge in [0.1, 0.15) is 35.1 Å². The molecule has 3 N–H and O–H groups in total. The quantitative estimate of drug-likeness (QED) is 0.0575. The van der Waals surface area contributed by atoms with Crippen molar-refractivity contribution >= 4 is 49.0 Å². The van der Waals surface area contributed by atoms with Crippen LogP contribution in [0.3, 0.4) is 0 Å². The van der Waals surface area contributed by atoms with Crippen LogP contribution in [0.1, 0.15) is 53.0 Å². The van der Waals surface area contributed by atoms with Crippen LogP contribution in [0.15, 0.2) is 125 Å². The molecule has 1 aliphatic rings. The van der Waals surface area contributed by atoms with E-state index in [-0.39, 0.29) is 58.1 Å². The minimum absolute atomic E-state index is 0.0108. The molecule has 0 atom stereocenters. The fraction of sp³-hybridized carbons (Fsp3) is 0.256. The number of nitro groups is 1. The molecule has 5 aromatic rings. The number of carboxylic acid groups (broad SMARTS) is 1. The van der Waals surface area contributed by atoms with Gasteiger partial charge in [0, 0.05) is 44.0 Å². The normalized spacial score (nSPS) is 13.3. The number of anilines is 2.